The summed E-state index contributed by atoms with van der Waals surface area (Å²) in [6.07, 6.45) is 6.82. The minimum Gasteiger partial charge on any atom is -0.507 e. The van der Waals surface area contributed by atoms with Crippen LogP contribution < -0.4 is 15.0 Å². The van der Waals surface area contributed by atoms with Crippen LogP contribution in [0.5, 0.6) is 11.5 Å². The van der Waals surface area contributed by atoms with E-state index in [1.807, 2.05) is 85.8 Å². The average molecular weight is 593 g/mol. The number of hydrogen-bond acceptors (Lipinski definition) is 6. The van der Waals surface area contributed by atoms with Crippen LogP contribution in [0.2, 0.25) is 0 Å². The molecule has 1 atom stereocenters. The number of aromatic hydroxyl groups is 1. The summed E-state index contributed by atoms with van der Waals surface area (Å²) >= 11 is 0. The first-order valence-electron chi connectivity index (χ1n) is 15.8. The molecule has 0 bridgehead atoms. The zero-order valence-electron chi connectivity index (χ0n) is 26.4. The van der Waals surface area contributed by atoms with Crippen LogP contribution in [0.3, 0.4) is 0 Å². The second-order valence-electron chi connectivity index (χ2n) is 11.6. The fourth-order valence-corrected chi connectivity index (χ4v) is 6.19. The first-order chi connectivity index (χ1) is 21.4. The summed E-state index contributed by atoms with van der Waals surface area (Å²) in [5.74, 6) is 0.197. The summed E-state index contributed by atoms with van der Waals surface area (Å²) in [7, 11) is 1.62. The van der Waals surface area contributed by atoms with Gasteiger partial charge in [0.1, 0.15) is 11.5 Å². The van der Waals surface area contributed by atoms with Crippen LogP contribution in [0.15, 0.2) is 84.9 Å². The zero-order valence-corrected chi connectivity index (χ0v) is 26.4. The van der Waals surface area contributed by atoms with Crippen molar-refractivity contribution >= 4 is 23.0 Å². The van der Waals surface area contributed by atoms with Gasteiger partial charge in [-0.05, 0) is 67.8 Å². The maximum atomic E-state index is 13.5. The number of fused-ring (bicyclic) bond motifs is 1. The van der Waals surface area contributed by atoms with Crippen LogP contribution in [0.1, 0.15) is 85.0 Å². The van der Waals surface area contributed by atoms with Crippen LogP contribution in [-0.4, -0.2) is 31.3 Å². The molecule has 1 aliphatic rings. The lowest BCUT2D eigenvalue weighted by Gasteiger charge is -2.33. The van der Waals surface area contributed by atoms with Crippen molar-refractivity contribution in [2.24, 2.45) is 0 Å². The molecule has 0 fully saturated rings. The number of carbonyl (C=O) groups excluding carboxylic acids is 1. The number of ether oxygens (including phenoxy) is 2. The van der Waals surface area contributed by atoms with Gasteiger partial charge in [-0.15, -0.1) is 0 Å². The van der Waals surface area contributed by atoms with Crippen molar-refractivity contribution in [2.45, 2.75) is 64.9 Å². The second-order valence-corrected chi connectivity index (χ2v) is 11.6. The van der Waals surface area contributed by atoms with Crippen LogP contribution in [0, 0.1) is 6.92 Å². The number of para-hydroxylation sites is 1. The minimum absolute atomic E-state index is 0.0724. The Labute approximate surface area is 261 Å². The Morgan fingerprint density at radius 3 is 2.16 bits per heavy atom. The number of cyclic esters (lactones) is 1. The zero-order chi connectivity index (χ0) is 31.1. The third-order valence-electron chi connectivity index (χ3n) is 8.54. The number of anilines is 3. The summed E-state index contributed by atoms with van der Waals surface area (Å²) in [5, 5.41) is 15.3. The lowest BCUT2D eigenvalue weighted by Crippen LogP contribution is -2.31. The number of rotatable bonds is 14. The molecule has 5 rings (SSSR count). The highest BCUT2D eigenvalue weighted by Crippen LogP contribution is 2.53. The molecule has 1 aliphatic heterocycles. The summed E-state index contributed by atoms with van der Waals surface area (Å²) < 4.78 is 12.3. The molecule has 0 aromatic heterocycles. The standard InChI is InChI=1S/C38H44N2O4/c1-5-7-14-22-40(23-15-8-6-2)29-20-21-32(35(41)25-29)38(31-19-13-12-18-30(31)37(42)44-38)33-26-34(27(3)24-36(33)43-4)39-28-16-10-9-11-17-28/h9-13,16-21,24-26,39,41H,5-8,14-15,22-23H2,1-4H3. The Balaban J connectivity index is 1.66. The van der Waals surface area contributed by atoms with Crippen LogP contribution in [0.25, 0.3) is 0 Å². The molecule has 6 nitrogen and oxygen atoms in total. The molecule has 0 amide bonds. The number of carbonyl (C=O) groups is 1. The summed E-state index contributed by atoms with van der Waals surface area (Å²) in [6.45, 7) is 8.29. The van der Waals surface area contributed by atoms with Gasteiger partial charge >= 0.3 is 5.97 Å². The second kappa shape index (κ2) is 13.9. The van der Waals surface area contributed by atoms with E-state index in [4.69, 9.17) is 9.47 Å². The van der Waals surface area contributed by atoms with E-state index < -0.39 is 11.6 Å². The van der Waals surface area contributed by atoms with Crippen molar-refractivity contribution in [1.29, 1.82) is 0 Å². The number of hydrogen-bond donors (Lipinski definition) is 2. The normalized spacial score (nSPS) is 15.5. The fraction of sp³-hybridized carbons (Fsp3) is 0.342. The minimum atomic E-state index is -1.42. The fourth-order valence-electron chi connectivity index (χ4n) is 6.19. The van der Waals surface area contributed by atoms with Crippen molar-refractivity contribution in [1.82, 2.24) is 0 Å². The predicted octanol–water partition coefficient (Wildman–Crippen LogP) is 9.10. The van der Waals surface area contributed by atoms with Gasteiger partial charge in [-0.25, -0.2) is 4.79 Å². The number of unbranched alkanes of at least 4 members (excludes halogenated alkanes) is 4. The number of nitrogens with one attached hydrogen (secondary N) is 1. The van der Waals surface area contributed by atoms with Crippen molar-refractivity contribution in [3.05, 3.63) is 113 Å². The van der Waals surface area contributed by atoms with Gasteiger partial charge in [-0.3, -0.25) is 0 Å². The van der Waals surface area contributed by atoms with E-state index in [0.29, 0.717) is 28.0 Å². The molecule has 2 N–H and O–H groups in total. The maximum Gasteiger partial charge on any atom is 0.340 e. The number of benzene rings is 4. The molecule has 0 radical (unpaired) electrons. The number of methoxy groups -OCH3 is 1. The summed E-state index contributed by atoms with van der Waals surface area (Å²) in [4.78, 5) is 15.8. The Hall–Kier alpha value is -4.45. The average Bonchev–Trinajstić information content (AvgIpc) is 3.34. The van der Waals surface area contributed by atoms with Crippen molar-refractivity contribution in [3.8, 4) is 11.5 Å². The molecule has 6 heteroatoms. The monoisotopic (exact) mass is 592 g/mol. The largest absolute Gasteiger partial charge is 0.507 e. The molecule has 0 saturated carbocycles. The number of nitrogens with zero attached hydrogens (tertiary/aromatic N) is 1. The molecule has 4 aromatic rings. The number of phenols is 1. The molecule has 0 aliphatic carbocycles. The molecule has 4 aromatic carbocycles. The number of phenolic OH excluding ortho intramolecular Hbond substituents is 1. The highest BCUT2D eigenvalue weighted by molar-refractivity contribution is 5.97. The Bertz CT molecular complexity index is 1580. The molecule has 1 unspecified atom stereocenters. The maximum absolute atomic E-state index is 13.5. The van der Waals surface area contributed by atoms with E-state index in [0.717, 1.165) is 74.2 Å². The highest BCUT2D eigenvalue weighted by atomic mass is 16.6. The number of esters is 1. The molecule has 0 spiro atoms. The van der Waals surface area contributed by atoms with Crippen molar-refractivity contribution in [2.75, 3.05) is 30.4 Å². The van der Waals surface area contributed by atoms with Crippen LogP contribution in [-0.2, 0) is 10.3 Å². The number of aryl methyl sites for hydroxylation is 1. The molecule has 230 valence electrons. The third kappa shape index (κ3) is 6.12. The van der Waals surface area contributed by atoms with E-state index >= 15 is 0 Å². The third-order valence-corrected chi connectivity index (χ3v) is 8.54. The smallest absolute Gasteiger partial charge is 0.340 e. The van der Waals surface area contributed by atoms with Gasteiger partial charge in [0.15, 0.2) is 5.60 Å². The molecule has 44 heavy (non-hydrogen) atoms. The molecule has 0 saturated heterocycles. The Morgan fingerprint density at radius 2 is 1.50 bits per heavy atom. The van der Waals surface area contributed by atoms with E-state index in [1.165, 1.54) is 0 Å². The molecular formula is C38H44N2O4. The molecule has 1 heterocycles. The predicted molar refractivity (Wildman–Crippen MR) is 179 cm³/mol. The van der Waals surface area contributed by atoms with E-state index in [2.05, 4.69) is 24.1 Å². The SMILES string of the molecule is CCCCCN(CCCCC)c1ccc(C2(c3cc(Nc4ccccc4)c(C)cc3OC)OC(=O)c3ccccc32)c(O)c1. The first kappa shape index (κ1) is 31.0. The van der Waals surface area contributed by atoms with E-state index in [9.17, 15) is 9.90 Å². The Kier molecular flexibility index (Phi) is 9.78. The summed E-state index contributed by atoms with van der Waals surface area (Å²) in [6, 6.07) is 27.1. The van der Waals surface area contributed by atoms with Gasteiger partial charge in [0, 0.05) is 52.9 Å². The first-order valence-corrected chi connectivity index (χ1v) is 15.8. The Morgan fingerprint density at radius 1 is 0.818 bits per heavy atom. The van der Waals surface area contributed by atoms with Gasteiger partial charge in [-0.1, -0.05) is 75.9 Å². The molecular weight excluding hydrogens is 548 g/mol. The van der Waals surface area contributed by atoms with Gasteiger partial charge < -0.3 is 24.8 Å². The van der Waals surface area contributed by atoms with Crippen LogP contribution in [0.4, 0.5) is 17.1 Å². The lowest BCUT2D eigenvalue weighted by molar-refractivity contribution is 0.0239. The summed E-state index contributed by atoms with van der Waals surface area (Å²) in [5.41, 5.74) is 4.56. The van der Waals surface area contributed by atoms with Gasteiger partial charge in [-0.2, -0.15) is 0 Å². The quantitative estimate of drug-likeness (QED) is 0.112. The highest BCUT2D eigenvalue weighted by Gasteiger charge is 2.51. The van der Waals surface area contributed by atoms with Gasteiger partial charge in [0.2, 0.25) is 0 Å². The van der Waals surface area contributed by atoms with Crippen molar-refractivity contribution in [3.63, 3.8) is 0 Å². The van der Waals surface area contributed by atoms with Gasteiger partial charge in [0.05, 0.1) is 12.7 Å². The van der Waals surface area contributed by atoms with E-state index in [1.54, 1.807) is 13.2 Å². The van der Waals surface area contributed by atoms with Crippen molar-refractivity contribution < 1.29 is 19.4 Å². The van der Waals surface area contributed by atoms with Crippen LogP contribution >= 0.6 is 0 Å². The van der Waals surface area contributed by atoms with Gasteiger partial charge in [0.25, 0.3) is 0 Å². The topological polar surface area (TPSA) is 71.0 Å². The lowest BCUT2D eigenvalue weighted by atomic mass is 9.78. The van der Waals surface area contributed by atoms with E-state index in [-0.39, 0.29) is 5.75 Å².